The minimum absolute atomic E-state index is 0.276. The lowest BCUT2D eigenvalue weighted by molar-refractivity contribution is -0.304. The minimum Gasteiger partial charge on any atom is -0.461 e. The number of hydrogen-bond donors (Lipinski definition) is 0. The Balaban J connectivity index is 2.49. The molecule has 1 aliphatic heterocycles. The van der Waals surface area contributed by atoms with Gasteiger partial charge in [0.2, 0.25) is 12.6 Å². The van der Waals surface area contributed by atoms with Crippen molar-refractivity contribution in [2.24, 2.45) is 0 Å². The van der Waals surface area contributed by atoms with Gasteiger partial charge >= 0.3 is 12.3 Å². The van der Waals surface area contributed by atoms with Gasteiger partial charge in [0.05, 0.1) is 0 Å². The number of ether oxygens (including phenoxy) is 3. The van der Waals surface area contributed by atoms with E-state index in [4.69, 9.17) is 0 Å². The van der Waals surface area contributed by atoms with Crippen molar-refractivity contribution in [3.8, 4) is 0 Å². The van der Waals surface area contributed by atoms with Gasteiger partial charge in [0.1, 0.15) is 6.26 Å². The molecule has 0 unspecified atom stereocenters. The van der Waals surface area contributed by atoms with Crippen LogP contribution >= 0.6 is 0 Å². The molecule has 0 aromatic heterocycles. The van der Waals surface area contributed by atoms with E-state index in [0.29, 0.717) is 0 Å². The summed E-state index contributed by atoms with van der Waals surface area (Å²) in [4.78, 5) is 10.4. The molecule has 12 heavy (non-hydrogen) atoms. The smallest absolute Gasteiger partial charge is 0.461 e. The van der Waals surface area contributed by atoms with Crippen molar-refractivity contribution in [2.75, 3.05) is 6.79 Å². The van der Waals surface area contributed by atoms with Gasteiger partial charge in [-0.15, -0.1) is 13.2 Å². The summed E-state index contributed by atoms with van der Waals surface area (Å²) in [5, 5.41) is 0. The van der Waals surface area contributed by atoms with E-state index in [2.05, 4.69) is 14.2 Å². The van der Waals surface area contributed by atoms with Crippen molar-refractivity contribution >= 4 is 5.97 Å². The molecule has 0 N–H and O–H groups in total. The number of carbonyl (C=O) groups is 1. The van der Waals surface area contributed by atoms with Crippen LogP contribution in [-0.2, 0) is 19.0 Å². The van der Waals surface area contributed by atoms with Crippen LogP contribution < -0.4 is 0 Å². The standard InChI is InChI=1S/C5H3F3O4/c6-5(7,8)12-4(9)3-1-10-2-11-3/h1H,2H2. The number of carbonyl (C=O) groups excluding carboxylic acids is 1. The van der Waals surface area contributed by atoms with Crippen LogP contribution in [-0.4, -0.2) is 19.1 Å². The van der Waals surface area contributed by atoms with E-state index in [1.165, 1.54) is 0 Å². The molecule has 1 aliphatic rings. The van der Waals surface area contributed by atoms with Crippen LogP contribution in [0.15, 0.2) is 12.0 Å². The number of hydrogen-bond acceptors (Lipinski definition) is 4. The molecule has 1 heterocycles. The van der Waals surface area contributed by atoms with Crippen LogP contribution in [0.1, 0.15) is 0 Å². The third kappa shape index (κ3) is 2.33. The fourth-order valence-corrected chi connectivity index (χ4v) is 0.504. The first kappa shape index (κ1) is 8.69. The van der Waals surface area contributed by atoms with Crippen molar-refractivity contribution in [1.29, 1.82) is 0 Å². The lowest BCUT2D eigenvalue weighted by Crippen LogP contribution is -2.20. The average molecular weight is 184 g/mol. The van der Waals surface area contributed by atoms with E-state index in [0.717, 1.165) is 6.26 Å². The number of alkyl halides is 3. The zero-order valence-corrected chi connectivity index (χ0v) is 5.55. The summed E-state index contributed by atoms with van der Waals surface area (Å²) < 4.78 is 45.9. The Hall–Kier alpha value is -1.40. The molecule has 0 amide bonds. The van der Waals surface area contributed by atoms with Gasteiger partial charge in [-0.1, -0.05) is 0 Å². The maximum atomic E-state index is 11.4. The van der Waals surface area contributed by atoms with Crippen LogP contribution in [0.5, 0.6) is 0 Å². The molecule has 0 radical (unpaired) electrons. The highest BCUT2D eigenvalue weighted by Gasteiger charge is 2.36. The van der Waals surface area contributed by atoms with Gasteiger partial charge in [-0.2, -0.15) is 0 Å². The largest absolute Gasteiger partial charge is 0.575 e. The topological polar surface area (TPSA) is 44.8 Å². The van der Waals surface area contributed by atoms with Gasteiger partial charge in [0.25, 0.3) is 0 Å². The molecule has 0 aromatic rings. The zero-order chi connectivity index (χ0) is 9.19. The lowest BCUT2D eigenvalue weighted by atomic mass is 10.6. The Morgan fingerprint density at radius 2 is 2.25 bits per heavy atom. The van der Waals surface area contributed by atoms with Gasteiger partial charge in [0, 0.05) is 0 Å². The van der Waals surface area contributed by atoms with Crippen molar-refractivity contribution < 1.29 is 32.2 Å². The molecular weight excluding hydrogens is 181 g/mol. The molecule has 1 rings (SSSR count). The third-order valence-corrected chi connectivity index (χ3v) is 0.882. The van der Waals surface area contributed by atoms with Crippen molar-refractivity contribution in [3.05, 3.63) is 12.0 Å². The van der Waals surface area contributed by atoms with E-state index in [9.17, 15) is 18.0 Å². The molecule has 0 aliphatic carbocycles. The van der Waals surface area contributed by atoms with Gasteiger partial charge in [-0.05, 0) is 0 Å². The summed E-state index contributed by atoms with van der Waals surface area (Å²) in [5.74, 6) is -2.20. The monoisotopic (exact) mass is 184 g/mol. The summed E-state index contributed by atoms with van der Waals surface area (Å²) in [6, 6.07) is 0. The predicted molar refractivity (Wildman–Crippen MR) is 27.3 cm³/mol. The maximum Gasteiger partial charge on any atom is 0.575 e. The molecule has 68 valence electrons. The second-order valence-electron chi connectivity index (χ2n) is 1.75. The highest BCUT2D eigenvalue weighted by atomic mass is 19.4. The van der Waals surface area contributed by atoms with E-state index in [-0.39, 0.29) is 6.79 Å². The Kier molecular flexibility index (Phi) is 2.11. The molecule has 4 nitrogen and oxygen atoms in total. The fraction of sp³-hybridized carbons (Fsp3) is 0.400. The lowest BCUT2D eigenvalue weighted by Gasteiger charge is -2.05. The van der Waals surface area contributed by atoms with Crippen molar-refractivity contribution in [1.82, 2.24) is 0 Å². The van der Waals surface area contributed by atoms with Gasteiger partial charge in [0.15, 0.2) is 0 Å². The number of rotatable bonds is 1. The summed E-state index contributed by atoms with van der Waals surface area (Å²) in [5.41, 5.74) is 0. The molecule has 0 atom stereocenters. The normalized spacial score (nSPS) is 16.1. The molecule has 0 spiro atoms. The minimum atomic E-state index is -5.00. The highest BCUT2D eigenvalue weighted by molar-refractivity contribution is 5.86. The van der Waals surface area contributed by atoms with Crippen LogP contribution in [0.3, 0.4) is 0 Å². The van der Waals surface area contributed by atoms with Crippen LogP contribution in [0, 0.1) is 0 Å². The SMILES string of the molecule is O=C(OC(F)(F)F)C1=COCO1. The Labute approximate surface area is 64.5 Å². The van der Waals surface area contributed by atoms with Crippen molar-refractivity contribution in [2.45, 2.75) is 6.36 Å². The highest BCUT2D eigenvalue weighted by Crippen LogP contribution is 2.19. The molecule has 7 heteroatoms. The first-order valence-corrected chi connectivity index (χ1v) is 2.74. The zero-order valence-electron chi connectivity index (χ0n) is 5.55. The van der Waals surface area contributed by atoms with Gasteiger partial charge in [-0.3, -0.25) is 0 Å². The second kappa shape index (κ2) is 2.92. The maximum absolute atomic E-state index is 11.4. The van der Waals surface area contributed by atoms with Crippen molar-refractivity contribution in [3.63, 3.8) is 0 Å². The van der Waals surface area contributed by atoms with Gasteiger partial charge < -0.3 is 14.2 Å². The van der Waals surface area contributed by atoms with Crippen LogP contribution in [0.2, 0.25) is 0 Å². The average Bonchev–Trinajstić information content (AvgIpc) is 2.32. The summed E-state index contributed by atoms with van der Waals surface area (Å²) in [6.45, 7) is -0.276. The third-order valence-electron chi connectivity index (χ3n) is 0.882. The molecular formula is C5H3F3O4. The van der Waals surface area contributed by atoms with E-state index in [1.807, 2.05) is 0 Å². The molecule has 0 saturated carbocycles. The van der Waals surface area contributed by atoms with E-state index >= 15 is 0 Å². The first-order valence-electron chi connectivity index (χ1n) is 2.74. The second-order valence-corrected chi connectivity index (χ2v) is 1.75. The van der Waals surface area contributed by atoms with E-state index in [1.54, 1.807) is 0 Å². The summed E-state index contributed by atoms with van der Waals surface area (Å²) >= 11 is 0. The number of halogens is 3. The molecule has 0 bridgehead atoms. The molecule has 0 saturated heterocycles. The molecule has 0 aromatic carbocycles. The quantitative estimate of drug-likeness (QED) is 0.568. The Morgan fingerprint density at radius 3 is 2.67 bits per heavy atom. The summed E-state index contributed by atoms with van der Waals surface area (Å²) in [6.07, 6.45) is -4.24. The number of esters is 1. The van der Waals surface area contributed by atoms with Gasteiger partial charge in [-0.25, -0.2) is 4.79 Å². The Morgan fingerprint density at radius 1 is 1.58 bits per heavy atom. The molecule has 0 fully saturated rings. The van der Waals surface area contributed by atoms with Crippen LogP contribution in [0.25, 0.3) is 0 Å². The Bertz CT molecular complexity index is 219. The fourth-order valence-electron chi connectivity index (χ4n) is 0.504. The predicted octanol–water partition coefficient (Wildman–Crippen LogP) is 0.895. The van der Waals surface area contributed by atoms with E-state index < -0.39 is 18.1 Å². The van der Waals surface area contributed by atoms with Crippen LogP contribution in [0.4, 0.5) is 13.2 Å². The first-order chi connectivity index (χ1) is 5.49. The summed E-state index contributed by atoms with van der Waals surface area (Å²) in [7, 11) is 0.